The second kappa shape index (κ2) is 4.95. The maximum atomic E-state index is 8.00. The van der Waals surface area contributed by atoms with Crippen molar-refractivity contribution in [1.29, 1.82) is 0 Å². The molecule has 0 amide bonds. The van der Waals surface area contributed by atoms with Gasteiger partial charge in [0, 0.05) is 0 Å². The summed E-state index contributed by atoms with van der Waals surface area (Å²) >= 11 is 1.75. The van der Waals surface area contributed by atoms with Gasteiger partial charge < -0.3 is 0 Å². The van der Waals surface area contributed by atoms with E-state index in [2.05, 4.69) is 6.94 Å². The van der Waals surface area contributed by atoms with E-state index in [4.69, 9.17) is 3.83 Å². The third-order valence-corrected chi connectivity index (χ3v) is 0.344. The van der Waals surface area contributed by atoms with Gasteiger partial charge in [0.1, 0.15) is 0 Å². The van der Waals surface area contributed by atoms with E-state index in [1.807, 2.05) is 15.9 Å². The van der Waals surface area contributed by atoms with Gasteiger partial charge in [-0.05, 0) is 0 Å². The summed E-state index contributed by atoms with van der Waals surface area (Å²) < 4.78 is 16.2. The fourth-order valence-electron chi connectivity index (χ4n) is 0. The molecular formula is FeO3Ti. The van der Waals surface area contributed by atoms with Gasteiger partial charge in [-0.3, -0.25) is 0 Å². The molecule has 0 aromatic carbocycles. The third-order valence-electron chi connectivity index (χ3n) is 0.0833. The van der Waals surface area contributed by atoms with E-state index in [-0.39, 0.29) is 19.9 Å². The summed E-state index contributed by atoms with van der Waals surface area (Å²) in [6.45, 7) is 0. The summed E-state index contributed by atoms with van der Waals surface area (Å²) in [6, 6.07) is 0. The van der Waals surface area contributed by atoms with Crippen molar-refractivity contribution in [1.82, 2.24) is 0 Å². The summed E-state index contributed by atoms with van der Waals surface area (Å²) in [5.74, 6) is 0. The van der Waals surface area contributed by atoms with Crippen LogP contribution in [0.2, 0.25) is 0 Å². The zero-order valence-corrected chi connectivity index (χ0v) is 4.74. The Morgan fingerprint density at radius 1 is 1.40 bits per heavy atom. The number of rotatable bonds is 0. The Kier molecular flexibility index (Phi) is 5.90. The summed E-state index contributed by atoms with van der Waals surface area (Å²) in [5, 5.41) is 0. The molecule has 0 aromatic heterocycles. The molecule has 0 unspecified atom stereocenters. The van der Waals surface area contributed by atoms with Crippen molar-refractivity contribution >= 4 is 0 Å². The van der Waals surface area contributed by atoms with Crippen molar-refractivity contribution in [2.24, 2.45) is 0 Å². The molecule has 1 heterocycles. The molecule has 0 atom stereocenters. The van der Waals surface area contributed by atoms with Crippen LogP contribution in [-0.2, 0) is 46.6 Å². The van der Waals surface area contributed by atoms with Gasteiger partial charge in [0.15, 0.2) is 0 Å². The first-order chi connectivity index (χ1) is 2.50. The zero-order chi connectivity index (χ0) is 4.12. The van der Waals surface area contributed by atoms with Gasteiger partial charge in [0.05, 0.1) is 0 Å². The van der Waals surface area contributed by atoms with Gasteiger partial charge in [-0.15, -0.1) is 0 Å². The molecule has 5 heavy (non-hydrogen) atoms. The predicted octanol–water partition coefficient (Wildman–Crippen LogP) is -0.261. The first-order valence-corrected chi connectivity index (χ1v) is 2.45. The van der Waals surface area contributed by atoms with Crippen LogP contribution in [0.4, 0.5) is 0 Å². The van der Waals surface area contributed by atoms with E-state index in [1.165, 1.54) is 0 Å². The van der Waals surface area contributed by atoms with Gasteiger partial charge in [0.25, 0.3) is 0 Å². The molecule has 1 fully saturated rings. The van der Waals surface area contributed by atoms with Gasteiger partial charge in [-0.2, -0.15) is 0 Å². The molecule has 1 aliphatic heterocycles. The Balaban J connectivity index is 0.0000000733. The predicted molar refractivity (Wildman–Crippen MR) is 2.86 cm³/mol. The number of hydrogen-bond acceptors (Lipinski definition) is 3. The first-order valence-electron chi connectivity index (χ1n) is 0.719. The van der Waals surface area contributed by atoms with E-state index in [0.29, 0.717) is 0 Å². The molecule has 1 rings (SSSR count). The van der Waals surface area contributed by atoms with Crippen LogP contribution in [0.3, 0.4) is 0 Å². The van der Waals surface area contributed by atoms with Crippen molar-refractivity contribution < 1.29 is 46.6 Å². The molecule has 0 aliphatic carbocycles. The molecule has 0 spiro atoms. The van der Waals surface area contributed by atoms with Gasteiger partial charge in [-0.25, -0.2) is 0 Å². The van der Waals surface area contributed by atoms with Gasteiger partial charge in [-0.1, -0.05) is 0 Å². The topological polar surface area (TPSA) is 42.1 Å². The van der Waals surface area contributed by atoms with Crippen LogP contribution in [0.1, 0.15) is 0 Å². The van der Waals surface area contributed by atoms with Crippen LogP contribution in [0.15, 0.2) is 0 Å². The molecular weight excluding hydrogens is 152 g/mol. The Hall–Kier alpha value is 0.954. The van der Waals surface area contributed by atoms with E-state index in [1.54, 1.807) is 0 Å². The van der Waals surface area contributed by atoms with Gasteiger partial charge in [0.2, 0.25) is 0 Å². The van der Waals surface area contributed by atoms with Crippen LogP contribution in [-0.4, -0.2) is 0 Å². The zero-order valence-electron chi connectivity index (χ0n) is 2.08. The summed E-state index contributed by atoms with van der Waals surface area (Å²) in [5.41, 5.74) is 0. The summed E-state index contributed by atoms with van der Waals surface area (Å²) in [4.78, 5) is 0. The van der Waals surface area contributed by atoms with Gasteiger partial charge >= 0.3 is 46.6 Å². The maximum absolute atomic E-state index is 8.00. The first kappa shape index (κ1) is 5.95. The molecule has 30 valence electrons. The fourth-order valence-corrected chi connectivity index (χ4v) is 0. The molecule has 0 saturated carbocycles. The Labute approximate surface area is 46.8 Å². The normalized spacial score (nSPS) is 13.8. The van der Waals surface area contributed by atoms with E-state index >= 15 is 0 Å². The second-order valence-electron chi connectivity index (χ2n) is 0.250. The molecule has 0 bridgehead atoms. The quantitative estimate of drug-likeness (QED) is 0.272. The van der Waals surface area contributed by atoms with Crippen molar-refractivity contribution in [3.63, 3.8) is 0 Å². The molecule has 0 radical (unpaired) electrons. The molecule has 0 aromatic rings. The SMILES string of the molecule is [O]1[O][Ti]1.[O]=[Fe]. The Morgan fingerprint density at radius 2 is 1.60 bits per heavy atom. The molecule has 3 nitrogen and oxygen atoms in total. The van der Waals surface area contributed by atoms with E-state index in [0.717, 1.165) is 0 Å². The van der Waals surface area contributed by atoms with Crippen molar-refractivity contribution in [3.8, 4) is 0 Å². The second-order valence-corrected chi connectivity index (χ2v) is 1.03. The van der Waals surface area contributed by atoms with E-state index < -0.39 is 0 Å². The van der Waals surface area contributed by atoms with Crippen LogP contribution in [0, 0.1) is 0 Å². The monoisotopic (exact) mass is 152 g/mol. The average Bonchev–Trinajstić information content (AvgIpc) is 2.19. The third kappa shape index (κ3) is 11.3. The van der Waals surface area contributed by atoms with Crippen molar-refractivity contribution in [2.45, 2.75) is 0 Å². The minimum atomic E-state index is -0.250. The molecule has 0 N–H and O–H groups in total. The van der Waals surface area contributed by atoms with E-state index in [9.17, 15) is 0 Å². The van der Waals surface area contributed by atoms with Crippen molar-refractivity contribution in [3.05, 3.63) is 0 Å². The van der Waals surface area contributed by atoms with Crippen LogP contribution < -0.4 is 0 Å². The Morgan fingerprint density at radius 3 is 1.60 bits per heavy atom. The molecule has 1 aliphatic rings. The minimum absolute atomic E-state index is 0.250. The molecule has 1 saturated heterocycles. The van der Waals surface area contributed by atoms with Crippen LogP contribution >= 0.6 is 0 Å². The standard InChI is InChI=1S/Fe.O2.O.Ti/c;1-2;;/q;-2;;+2. The summed E-state index contributed by atoms with van der Waals surface area (Å²) in [6.07, 6.45) is 0. The average molecular weight is 152 g/mol. The Bertz CT molecular complexity index is 18.1. The summed E-state index contributed by atoms with van der Waals surface area (Å²) in [7, 11) is 0. The van der Waals surface area contributed by atoms with Crippen molar-refractivity contribution in [2.75, 3.05) is 0 Å². The number of hydrogen-bond donors (Lipinski definition) is 0. The van der Waals surface area contributed by atoms with Crippen LogP contribution in [0.5, 0.6) is 0 Å². The fraction of sp³-hybridized carbons (Fsp3) is 0. The van der Waals surface area contributed by atoms with Crippen LogP contribution in [0.25, 0.3) is 0 Å². The molecule has 5 heteroatoms.